The van der Waals surface area contributed by atoms with Crippen molar-refractivity contribution in [3.05, 3.63) is 65.7 Å². The molecule has 0 aliphatic carbocycles. The van der Waals surface area contributed by atoms with E-state index in [-0.39, 0.29) is 37.9 Å². The number of hydrogen-bond donors (Lipinski definition) is 13. The number of carbonyl (C=O) groups excluding carboxylic acids is 8. The van der Waals surface area contributed by atoms with E-state index in [2.05, 4.69) is 37.2 Å². The number of benzene rings is 2. The Morgan fingerprint density at radius 3 is 1.32 bits per heavy atom. The number of phenols is 1. The molecule has 74 heavy (non-hydrogen) atoms. The SMILES string of the molecule is CSCC[C@H](NC(=O)[C@H](CCSC)NC(=O)[C@H](CCC(N)=O)NC(=O)[C@@H](NC(=O)[C@H](Cc1ccccc1)NC(=O)[C@H](CCC(=O)O)NC(=O)[C@H](CCC(=O)O)NC(=O)[C@@H](N)Cc1ccc(O)cc1)C(C)C)C(=O)O. The molecule has 0 spiro atoms. The molecule has 26 heteroatoms. The van der Waals surface area contributed by atoms with Gasteiger partial charge in [0.2, 0.25) is 47.3 Å². The Hall–Kier alpha value is -6.93. The average molecular weight is 1080 g/mol. The average Bonchev–Trinajstić information content (AvgIpc) is 3.34. The van der Waals surface area contributed by atoms with Crippen molar-refractivity contribution >= 4 is 88.7 Å². The van der Waals surface area contributed by atoms with Gasteiger partial charge < -0.3 is 69.1 Å². The van der Waals surface area contributed by atoms with Gasteiger partial charge in [0.25, 0.3) is 0 Å². The second kappa shape index (κ2) is 33.0. The second-order valence-corrected chi connectivity index (χ2v) is 19.5. The van der Waals surface area contributed by atoms with Crippen LogP contribution in [0.3, 0.4) is 0 Å². The van der Waals surface area contributed by atoms with Crippen LogP contribution in [0, 0.1) is 5.92 Å². The van der Waals surface area contributed by atoms with Crippen molar-refractivity contribution in [1.82, 2.24) is 37.2 Å². The highest BCUT2D eigenvalue weighted by molar-refractivity contribution is 7.98. The number of aliphatic carboxylic acids is 3. The van der Waals surface area contributed by atoms with E-state index in [1.54, 1.807) is 56.7 Å². The molecule has 0 aromatic heterocycles. The smallest absolute Gasteiger partial charge is 0.326 e. The molecule has 0 aliphatic rings. The number of nitrogens with one attached hydrogen (secondary N) is 7. The monoisotopic (exact) mass is 1080 g/mol. The molecule has 0 heterocycles. The molecule has 2 rings (SSSR count). The standard InChI is InChI=1S/C48H69N9O15S2/c1-26(2)40(47(70)54-31(14-17-37(50)59)42(65)53-34(20-22-73-3)45(68)55-35(48(71)72)21-23-74-4)57-46(69)36(25-27-8-6-5-7-9-27)56-44(67)33(16-19-39(62)63)52-43(66)32(15-18-38(60)61)51-41(64)30(49)24-28-10-12-29(58)13-11-28/h5-13,26,30-36,40,58H,14-25,49H2,1-4H3,(H2,50,59)(H,51,64)(H,52,66)(H,53,65)(H,54,70)(H,55,68)(H,56,67)(H,57,69)(H,60,61)(H,62,63)(H,71,72)/t30-,31-,32-,33-,34-,35-,36-,40-/m0/s1. The molecule has 15 N–H and O–H groups in total. The maximum absolute atomic E-state index is 14.3. The molecule has 0 bridgehead atoms. The van der Waals surface area contributed by atoms with Crippen molar-refractivity contribution in [2.24, 2.45) is 17.4 Å². The largest absolute Gasteiger partial charge is 0.508 e. The van der Waals surface area contributed by atoms with E-state index in [1.807, 2.05) is 0 Å². The minimum absolute atomic E-state index is 0.0330. The van der Waals surface area contributed by atoms with Crippen LogP contribution in [0.4, 0.5) is 0 Å². The van der Waals surface area contributed by atoms with Gasteiger partial charge in [-0.2, -0.15) is 23.5 Å². The van der Waals surface area contributed by atoms with Crippen LogP contribution in [-0.2, 0) is 65.6 Å². The Morgan fingerprint density at radius 2 is 0.878 bits per heavy atom. The topological polar surface area (TPSA) is 405 Å². The van der Waals surface area contributed by atoms with Crippen molar-refractivity contribution in [3.63, 3.8) is 0 Å². The van der Waals surface area contributed by atoms with Crippen LogP contribution >= 0.6 is 23.5 Å². The molecule has 2 aromatic carbocycles. The molecule has 0 aliphatic heterocycles. The minimum Gasteiger partial charge on any atom is -0.508 e. The summed E-state index contributed by atoms with van der Waals surface area (Å²) in [5, 5.41) is 55.7. The first-order chi connectivity index (χ1) is 34.9. The van der Waals surface area contributed by atoms with Gasteiger partial charge in [-0.25, -0.2) is 4.79 Å². The fourth-order valence-corrected chi connectivity index (χ4v) is 8.03. The minimum atomic E-state index is -1.69. The Bertz CT molecular complexity index is 2240. The van der Waals surface area contributed by atoms with E-state index in [4.69, 9.17) is 11.5 Å². The number of nitrogens with two attached hydrogens (primary N) is 2. The van der Waals surface area contributed by atoms with Crippen molar-refractivity contribution < 1.29 is 73.2 Å². The zero-order chi connectivity index (χ0) is 55.5. The summed E-state index contributed by atoms with van der Waals surface area (Å²) < 4.78 is 0. The van der Waals surface area contributed by atoms with Gasteiger partial charge >= 0.3 is 17.9 Å². The number of carboxylic acids is 3. The molecule has 8 amide bonds. The Kier molecular flexibility index (Phi) is 28.2. The summed E-state index contributed by atoms with van der Waals surface area (Å²) in [5.74, 6) is -11.4. The van der Waals surface area contributed by atoms with E-state index >= 15 is 0 Å². The number of rotatable bonds is 35. The van der Waals surface area contributed by atoms with Crippen molar-refractivity contribution in [3.8, 4) is 5.75 Å². The lowest BCUT2D eigenvalue weighted by Crippen LogP contribution is -2.61. The first-order valence-electron chi connectivity index (χ1n) is 23.6. The summed E-state index contributed by atoms with van der Waals surface area (Å²) in [6, 6.07) is 2.49. The van der Waals surface area contributed by atoms with E-state index in [0.717, 1.165) is 0 Å². The van der Waals surface area contributed by atoms with Crippen LogP contribution in [0.25, 0.3) is 0 Å². The fourth-order valence-electron chi connectivity index (χ4n) is 7.08. The molecule has 408 valence electrons. The molecule has 8 atom stereocenters. The predicted octanol–water partition coefficient (Wildman–Crippen LogP) is -0.860. The summed E-state index contributed by atoms with van der Waals surface area (Å²) >= 11 is 2.72. The van der Waals surface area contributed by atoms with Gasteiger partial charge in [-0.3, -0.25) is 47.9 Å². The van der Waals surface area contributed by atoms with E-state index in [1.165, 1.54) is 47.8 Å². The van der Waals surface area contributed by atoms with Gasteiger partial charge in [0.1, 0.15) is 48.0 Å². The normalized spacial score (nSPS) is 14.2. The van der Waals surface area contributed by atoms with Crippen LogP contribution in [0.5, 0.6) is 5.75 Å². The maximum Gasteiger partial charge on any atom is 0.326 e. The van der Waals surface area contributed by atoms with Crippen molar-refractivity contribution in [2.45, 2.75) is 126 Å². The lowest BCUT2D eigenvalue weighted by molar-refractivity contribution is -0.142. The number of carboxylic acid groups (broad SMARTS) is 3. The second-order valence-electron chi connectivity index (χ2n) is 17.5. The first-order valence-corrected chi connectivity index (χ1v) is 26.4. The molecule has 0 fully saturated rings. The Balaban J connectivity index is 2.44. The molecule has 24 nitrogen and oxygen atoms in total. The summed E-state index contributed by atoms with van der Waals surface area (Å²) in [5.41, 5.74) is 12.6. The van der Waals surface area contributed by atoms with E-state index in [0.29, 0.717) is 22.6 Å². The summed E-state index contributed by atoms with van der Waals surface area (Å²) in [6.07, 6.45) is 0.336. The molecular weight excluding hydrogens is 1010 g/mol. The predicted molar refractivity (Wildman–Crippen MR) is 274 cm³/mol. The Labute approximate surface area is 436 Å². The summed E-state index contributed by atoms with van der Waals surface area (Å²) in [7, 11) is 0. The third-order valence-electron chi connectivity index (χ3n) is 11.2. The van der Waals surface area contributed by atoms with Crippen molar-refractivity contribution in [1.29, 1.82) is 0 Å². The Morgan fingerprint density at radius 1 is 0.486 bits per heavy atom. The van der Waals surface area contributed by atoms with Gasteiger partial charge in [0, 0.05) is 25.7 Å². The quantitative estimate of drug-likeness (QED) is 0.0399. The van der Waals surface area contributed by atoms with Crippen LogP contribution in [0.2, 0.25) is 0 Å². The van der Waals surface area contributed by atoms with Gasteiger partial charge in [-0.1, -0.05) is 56.3 Å². The zero-order valence-corrected chi connectivity index (χ0v) is 43.3. The molecule has 2 aromatic rings. The number of primary amides is 1. The highest BCUT2D eigenvalue weighted by atomic mass is 32.2. The molecule has 0 radical (unpaired) electrons. The number of phenolic OH excluding ortho intramolecular Hbond substituents is 1. The van der Waals surface area contributed by atoms with Gasteiger partial charge in [0.15, 0.2) is 0 Å². The number of amides is 8. The fraction of sp³-hybridized carbons (Fsp3) is 0.521. The van der Waals surface area contributed by atoms with Gasteiger partial charge in [0.05, 0.1) is 6.04 Å². The van der Waals surface area contributed by atoms with E-state index < -0.39 is 152 Å². The van der Waals surface area contributed by atoms with Crippen LogP contribution in [0.1, 0.15) is 76.3 Å². The molecular formula is C48H69N9O15S2. The summed E-state index contributed by atoms with van der Waals surface area (Å²) in [6.45, 7) is 3.12. The molecule has 0 unspecified atom stereocenters. The van der Waals surface area contributed by atoms with Gasteiger partial charge in [-0.05, 0) is 91.7 Å². The maximum atomic E-state index is 14.3. The van der Waals surface area contributed by atoms with Crippen molar-refractivity contribution in [2.75, 3.05) is 24.0 Å². The van der Waals surface area contributed by atoms with Crippen LogP contribution < -0.4 is 48.7 Å². The van der Waals surface area contributed by atoms with E-state index in [9.17, 15) is 73.2 Å². The lowest BCUT2D eigenvalue weighted by atomic mass is 9.99. The van der Waals surface area contributed by atoms with Crippen LogP contribution in [0.15, 0.2) is 54.6 Å². The first kappa shape index (κ1) is 63.2. The van der Waals surface area contributed by atoms with Crippen LogP contribution in [-0.4, -0.2) is 158 Å². The molecule has 0 saturated heterocycles. The number of aromatic hydroxyl groups is 1. The highest BCUT2D eigenvalue weighted by Crippen LogP contribution is 2.14. The number of carbonyl (C=O) groups is 11. The zero-order valence-electron chi connectivity index (χ0n) is 41.6. The third kappa shape index (κ3) is 23.7. The number of hydrogen-bond acceptors (Lipinski definition) is 15. The van der Waals surface area contributed by atoms with Gasteiger partial charge in [-0.15, -0.1) is 0 Å². The third-order valence-corrected chi connectivity index (χ3v) is 12.5. The highest BCUT2D eigenvalue weighted by Gasteiger charge is 2.36. The number of thioether (sulfide) groups is 2. The lowest BCUT2D eigenvalue weighted by Gasteiger charge is -2.29. The molecule has 0 saturated carbocycles. The summed E-state index contributed by atoms with van der Waals surface area (Å²) in [4.78, 5) is 144.